The van der Waals surface area contributed by atoms with E-state index in [1.165, 1.54) is 32.4 Å². The van der Waals surface area contributed by atoms with Gasteiger partial charge in [-0.05, 0) is 39.0 Å². The normalized spacial score (nSPS) is 17.7. The van der Waals surface area contributed by atoms with Gasteiger partial charge in [0.15, 0.2) is 0 Å². The molecule has 2 heterocycles. The van der Waals surface area contributed by atoms with Gasteiger partial charge in [0.1, 0.15) is 0 Å². The fourth-order valence-corrected chi connectivity index (χ4v) is 1.40. The van der Waals surface area contributed by atoms with E-state index in [1.807, 2.05) is 19.3 Å². The lowest BCUT2D eigenvalue weighted by atomic mass is 10.1. The molecule has 74 valence electrons. The molecule has 0 radical (unpaired) electrons. The van der Waals surface area contributed by atoms with Gasteiger partial charge in [0, 0.05) is 19.4 Å². The monoisotopic (exact) mass is 181 g/mol. The Morgan fingerprint density at radius 2 is 1.77 bits per heavy atom. The summed E-state index contributed by atoms with van der Waals surface area (Å²) in [6.45, 7) is 2.64. The lowest BCUT2D eigenvalue weighted by Crippen LogP contribution is -2.24. The first-order chi connectivity index (χ1) is 6.29. The standard InChI is InChI=1S/C6H13N.C4H6N2/c1-7-5-3-2-4-6-7;1-6-4-2-3-5-6/h2-6H2,1H3;2-4H,1H3. The van der Waals surface area contributed by atoms with Crippen LogP contribution in [0.15, 0.2) is 18.5 Å². The van der Waals surface area contributed by atoms with E-state index >= 15 is 0 Å². The van der Waals surface area contributed by atoms with Crippen LogP contribution in [0.5, 0.6) is 0 Å². The molecule has 13 heavy (non-hydrogen) atoms. The van der Waals surface area contributed by atoms with E-state index in [4.69, 9.17) is 0 Å². The van der Waals surface area contributed by atoms with Crippen molar-refractivity contribution in [1.82, 2.24) is 14.7 Å². The van der Waals surface area contributed by atoms with E-state index in [-0.39, 0.29) is 0 Å². The maximum absolute atomic E-state index is 3.83. The van der Waals surface area contributed by atoms with Crippen molar-refractivity contribution < 1.29 is 0 Å². The molecule has 1 aliphatic heterocycles. The fourth-order valence-electron chi connectivity index (χ4n) is 1.40. The summed E-state index contributed by atoms with van der Waals surface area (Å²) in [5.41, 5.74) is 0. The third kappa shape index (κ3) is 4.68. The second-order valence-electron chi connectivity index (χ2n) is 3.54. The second-order valence-corrected chi connectivity index (χ2v) is 3.54. The lowest BCUT2D eigenvalue weighted by molar-refractivity contribution is 0.277. The summed E-state index contributed by atoms with van der Waals surface area (Å²) in [7, 11) is 4.08. The van der Waals surface area contributed by atoms with Crippen molar-refractivity contribution in [2.45, 2.75) is 19.3 Å². The molecule has 2 rings (SSSR count). The summed E-state index contributed by atoms with van der Waals surface area (Å²) in [5, 5.41) is 3.83. The Labute approximate surface area is 80.4 Å². The summed E-state index contributed by atoms with van der Waals surface area (Å²) >= 11 is 0. The van der Waals surface area contributed by atoms with Gasteiger partial charge in [0.2, 0.25) is 0 Å². The van der Waals surface area contributed by atoms with Crippen molar-refractivity contribution in [2.75, 3.05) is 20.1 Å². The van der Waals surface area contributed by atoms with E-state index in [1.54, 1.807) is 10.9 Å². The zero-order valence-corrected chi connectivity index (χ0v) is 8.61. The number of hydrogen-bond acceptors (Lipinski definition) is 2. The highest BCUT2D eigenvalue weighted by Crippen LogP contribution is 2.04. The molecule has 1 aromatic rings. The topological polar surface area (TPSA) is 21.1 Å². The summed E-state index contributed by atoms with van der Waals surface area (Å²) in [6.07, 6.45) is 7.91. The van der Waals surface area contributed by atoms with Gasteiger partial charge in [-0.15, -0.1) is 0 Å². The van der Waals surface area contributed by atoms with Crippen molar-refractivity contribution in [3.63, 3.8) is 0 Å². The van der Waals surface area contributed by atoms with E-state index in [0.717, 1.165) is 0 Å². The molecule has 1 aromatic heterocycles. The average Bonchev–Trinajstić information content (AvgIpc) is 2.58. The van der Waals surface area contributed by atoms with Crippen molar-refractivity contribution in [1.29, 1.82) is 0 Å². The number of rotatable bonds is 0. The fraction of sp³-hybridized carbons (Fsp3) is 0.700. The van der Waals surface area contributed by atoms with E-state index < -0.39 is 0 Å². The zero-order valence-electron chi connectivity index (χ0n) is 8.61. The molecule has 1 fully saturated rings. The summed E-state index contributed by atoms with van der Waals surface area (Å²) in [4.78, 5) is 2.39. The molecular formula is C10H19N3. The number of nitrogens with zero attached hydrogens (tertiary/aromatic N) is 3. The minimum Gasteiger partial charge on any atom is -0.306 e. The van der Waals surface area contributed by atoms with Gasteiger partial charge in [-0.2, -0.15) is 5.10 Å². The number of aryl methyl sites for hydroxylation is 1. The van der Waals surface area contributed by atoms with Crippen LogP contribution in [0.25, 0.3) is 0 Å². The van der Waals surface area contributed by atoms with Crippen molar-refractivity contribution in [3.8, 4) is 0 Å². The molecule has 0 unspecified atom stereocenters. The number of likely N-dealkylation sites (tertiary alicyclic amines) is 1. The number of aromatic nitrogens is 2. The summed E-state index contributed by atoms with van der Waals surface area (Å²) in [5.74, 6) is 0. The van der Waals surface area contributed by atoms with Crippen LogP contribution in [0, 0.1) is 0 Å². The maximum atomic E-state index is 3.83. The summed E-state index contributed by atoms with van der Waals surface area (Å²) < 4.78 is 1.75. The van der Waals surface area contributed by atoms with Crippen molar-refractivity contribution in [3.05, 3.63) is 18.5 Å². The van der Waals surface area contributed by atoms with E-state index in [9.17, 15) is 0 Å². The van der Waals surface area contributed by atoms with Crippen molar-refractivity contribution in [2.24, 2.45) is 7.05 Å². The predicted molar refractivity (Wildman–Crippen MR) is 54.6 cm³/mol. The molecule has 0 spiro atoms. The molecular weight excluding hydrogens is 162 g/mol. The Hall–Kier alpha value is -0.830. The average molecular weight is 181 g/mol. The minimum absolute atomic E-state index is 1.32. The lowest BCUT2D eigenvalue weighted by Gasteiger charge is -2.20. The number of hydrogen-bond donors (Lipinski definition) is 0. The van der Waals surface area contributed by atoms with Gasteiger partial charge in [-0.3, -0.25) is 4.68 Å². The Morgan fingerprint density at radius 3 is 2.00 bits per heavy atom. The van der Waals surface area contributed by atoms with Gasteiger partial charge in [0.25, 0.3) is 0 Å². The van der Waals surface area contributed by atoms with Crippen molar-refractivity contribution >= 4 is 0 Å². The molecule has 1 saturated heterocycles. The Balaban J connectivity index is 0.000000132. The molecule has 3 nitrogen and oxygen atoms in total. The van der Waals surface area contributed by atoms with Gasteiger partial charge in [0.05, 0.1) is 0 Å². The van der Waals surface area contributed by atoms with Gasteiger partial charge in [-0.25, -0.2) is 0 Å². The molecule has 1 aliphatic rings. The van der Waals surface area contributed by atoms with Crippen LogP contribution in [-0.2, 0) is 7.05 Å². The second kappa shape index (κ2) is 5.75. The molecule has 0 amide bonds. The van der Waals surface area contributed by atoms with Gasteiger partial charge in [-0.1, -0.05) is 6.42 Å². The largest absolute Gasteiger partial charge is 0.306 e. The molecule has 0 aliphatic carbocycles. The van der Waals surface area contributed by atoms with E-state index in [0.29, 0.717) is 0 Å². The highest BCUT2D eigenvalue weighted by atomic mass is 15.2. The maximum Gasteiger partial charge on any atom is 0.0489 e. The minimum atomic E-state index is 1.32. The van der Waals surface area contributed by atoms with Gasteiger partial charge >= 0.3 is 0 Å². The highest BCUT2D eigenvalue weighted by Gasteiger charge is 2.02. The van der Waals surface area contributed by atoms with Crippen LogP contribution in [-0.4, -0.2) is 34.8 Å². The molecule has 0 N–H and O–H groups in total. The van der Waals surface area contributed by atoms with Crippen LogP contribution in [0.3, 0.4) is 0 Å². The molecule has 0 bridgehead atoms. The quantitative estimate of drug-likeness (QED) is 0.605. The van der Waals surface area contributed by atoms with Crippen LogP contribution < -0.4 is 0 Å². The third-order valence-corrected chi connectivity index (χ3v) is 2.22. The Kier molecular flexibility index (Phi) is 4.54. The SMILES string of the molecule is CN1CCCCC1.Cn1cccn1. The van der Waals surface area contributed by atoms with Gasteiger partial charge < -0.3 is 4.90 Å². The Morgan fingerprint density at radius 1 is 1.08 bits per heavy atom. The predicted octanol–water partition coefficient (Wildman–Crippen LogP) is 1.52. The first-order valence-corrected chi connectivity index (χ1v) is 4.91. The van der Waals surface area contributed by atoms with Crippen LogP contribution >= 0.6 is 0 Å². The first-order valence-electron chi connectivity index (χ1n) is 4.91. The first kappa shape index (κ1) is 10.3. The smallest absolute Gasteiger partial charge is 0.0489 e. The molecule has 0 aromatic carbocycles. The third-order valence-electron chi connectivity index (χ3n) is 2.22. The van der Waals surface area contributed by atoms with E-state index in [2.05, 4.69) is 17.0 Å². The highest BCUT2D eigenvalue weighted by molar-refractivity contribution is 4.75. The van der Waals surface area contributed by atoms with Crippen LogP contribution in [0.1, 0.15) is 19.3 Å². The van der Waals surface area contributed by atoms with Crippen LogP contribution in [0.2, 0.25) is 0 Å². The zero-order chi connectivity index (χ0) is 9.52. The molecule has 0 saturated carbocycles. The number of piperidine rings is 1. The Bertz CT molecular complexity index is 200. The molecule has 3 heteroatoms. The van der Waals surface area contributed by atoms with Crippen LogP contribution in [0.4, 0.5) is 0 Å². The molecule has 0 atom stereocenters. The summed E-state index contributed by atoms with van der Waals surface area (Å²) in [6, 6.07) is 1.89.